The molecular formula is C9H18N4O3. The molecule has 0 radical (unpaired) electrons. The summed E-state index contributed by atoms with van der Waals surface area (Å²) in [7, 11) is 0. The van der Waals surface area contributed by atoms with Gasteiger partial charge in [0.05, 0.1) is 13.2 Å². The topological polar surface area (TPSA) is 96.7 Å². The van der Waals surface area contributed by atoms with Crippen LogP contribution in [-0.4, -0.2) is 48.7 Å². The molecule has 1 aliphatic heterocycles. The molecule has 4 N–H and O–H groups in total. The summed E-state index contributed by atoms with van der Waals surface area (Å²) < 4.78 is 5.19. The van der Waals surface area contributed by atoms with Gasteiger partial charge in [0.2, 0.25) is 5.91 Å². The van der Waals surface area contributed by atoms with Crippen molar-refractivity contribution in [2.45, 2.75) is 25.9 Å². The van der Waals surface area contributed by atoms with E-state index in [-0.39, 0.29) is 18.6 Å². The van der Waals surface area contributed by atoms with Crippen LogP contribution in [0.3, 0.4) is 0 Å². The van der Waals surface area contributed by atoms with Crippen molar-refractivity contribution in [3.05, 3.63) is 0 Å². The molecule has 1 saturated heterocycles. The molecule has 1 aliphatic rings. The first-order valence-corrected chi connectivity index (χ1v) is 5.21. The second-order valence-electron chi connectivity index (χ2n) is 3.90. The van der Waals surface area contributed by atoms with E-state index < -0.39 is 12.1 Å². The van der Waals surface area contributed by atoms with Gasteiger partial charge in [-0.1, -0.05) is 0 Å². The molecule has 0 aromatic carbocycles. The van der Waals surface area contributed by atoms with Gasteiger partial charge in [-0.2, -0.15) is 0 Å². The van der Waals surface area contributed by atoms with E-state index in [0.29, 0.717) is 13.2 Å². The largest absolute Gasteiger partial charge is 0.377 e. The minimum atomic E-state index is -0.611. The summed E-state index contributed by atoms with van der Waals surface area (Å²) in [5, 5.41) is 2.74. The average molecular weight is 230 g/mol. The lowest BCUT2D eigenvalue weighted by Gasteiger charge is -2.34. The van der Waals surface area contributed by atoms with E-state index in [9.17, 15) is 9.59 Å². The number of hydrogen-bond acceptors (Lipinski definition) is 4. The standard InChI is InChI=1S/C9H18N4O3/c1-6(2)11-8(14)7-5-16-4-3-13(7)9(15)12-10/h6-7H,3-5,10H2,1-2H3,(H,11,14)(H,12,15). The first-order valence-electron chi connectivity index (χ1n) is 5.21. The molecule has 16 heavy (non-hydrogen) atoms. The minimum Gasteiger partial charge on any atom is -0.377 e. The van der Waals surface area contributed by atoms with E-state index in [4.69, 9.17) is 10.6 Å². The zero-order valence-corrected chi connectivity index (χ0v) is 9.53. The van der Waals surface area contributed by atoms with Crippen LogP contribution in [0.25, 0.3) is 0 Å². The summed E-state index contributed by atoms with van der Waals surface area (Å²) in [5.74, 6) is 4.83. The van der Waals surface area contributed by atoms with Crippen molar-refractivity contribution in [3.8, 4) is 0 Å². The predicted octanol–water partition coefficient (Wildman–Crippen LogP) is -1.20. The Kier molecular flexibility index (Phi) is 4.51. The van der Waals surface area contributed by atoms with Gasteiger partial charge in [0.1, 0.15) is 6.04 Å². The average Bonchev–Trinajstić information content (AvgIpc) is 2.27. The zero-order valence-electron chi connectivity index (χ0n) is 9.53. The smallest absolute Gasteiger partial charge is 0.332 e. The van der Waals surface area contributed by atoms with Crippen molar-refractivity contribution in [1.82, 2.24) is 15.6 Å². The summed E-state index contributed by atoms with van der Waals surface area (Å²) in [6, 6.07) is -1.05. The highest BCUT2D eigenvalue weighted by atomic mass is 16.5. The Labute approximate surface area is 94.3 Å². The van der Waals surface area contributed by atoms with Crippen molar-refractivity contribution >= 4 is 11.9 Å². The highest BCUT2D eigenvalue weighted by molar-refractivity contribution is 5.87. The van der Waals surface area contributed by atoms with Crippen LogP contribution in [0.2, 0.25) is 0 Å². The number of nitrogens with zero attached hydrogens (tertiary/aromatic N) is 1. The molecule has 0 aromatic heterocycles. The first-order chi connectivity index (χ1) is 7.56. The van der Waals surface area contributed by atoms with Crippen LogP contribution in [0.1, 0.15) is 13.8 Å². The maximum atomic E-state index is 11.8. The molecule has 7 nitrogen and oxygen atoms in total. The van der Waals surface area contributed by atoms with E-state index >= 15 is 0 Å². The molecule has 1 rings (SSSR count). The van der Waals surface area contributed by atoms with Crippen molar-refractivity contribution in [3.63, 3.8) is 0 Å². The maximum Gasteiger partial charge on any atom is 0.332 e. The normalized spacial score (nSPS) is 20.8. The van der Waals surface area contributed by atoms with Gasteiger partial charge in [0.15, 0.2) is 0 Å². The third-order valence-electron chi connectivity index (χ3n) is 2.25. The van der Waals surface area contributed by atoms with Gasteiger partial charge in [-0.25, -0.2) is 10.6 Å². The fourth-order valence-electron chi connectivity index (χ4n) is 1.53. The Hall–Kier alpha value is -1.34. The summed E-state index contributed by atoms with van der Waals surface area (Å²) in [6.45, 7) is 4.69. The Morgan fingerprint density at radius 2 is 2.19 bits per heavy atom. The summed E-state index contributed by atoms with van der Waals surface area (Å²) >= 11 is 0. The first kappa shape index (κ1) is 12.7. The van der Waals surface area contributed by atoms with Crippen molar-refractivity contribution < 1.29 is 14.3 Å². The summed E-state index contributed by atoms with van der Waals surface area (Å²) in [5.41, 5.74) is 2.02. The lowest BCUT2D eigenvalue weighted by molar-refractivity contribution is -0.130. The molecule has 92 valence electrons. The van der Waals surface area contributed by atoms with Crippen LogP contribution < -0.4 is 16.6 Å². The number of hydrazine groups is 1. The van der Waals surface area contributed by atoms with Gasteiger partial charge in [-0.05, 0) is 13.8 Å². The van der Waals surface area contributed by atoms with Crippen LogP contribution in [-0.2, 0) is 9.53 Å². The molecule has 0 aliphatic carbocycles. The van der Waals surface area contributed by atoms with E-state index in [1.54, 1.807) is 0 Å². The minimum absolute atomic E-state index is 0.0252. The number of carbonyl (C=O) groups excluding carboxylic acids is 2. The van der Waals surface area contributed by atoms with Crippen molar-refractivity contribution in [2.24, 2.45) is 5.84 Å². The number of rotatable bonds is 2. The van der Waals surface area contributed by atoms with Crippen LogP contribution in [0.15, 0.2) is 0 Å². The number of amides is 3. The Morgan fingerprint density at radius 3 is 2.75 bits per heavy atom. The van der Waals surface area contributed by atoms with Gasteiger partial charge >= 0.3 is 6.03 Å². The summed E-state index contributed by atoms with van der Waals surface area (Å²) in [6.07, 6.45) is 0. The number of hydrogen-bond donors (Lipinski definition) is 3. The number of ether oxygens (including phenoxy) is 1. The fraction of sp³-hybridized carbons (Fsp3) is 0.778. The van der Waals surface area contributed by atoms with Crippen LogP contribution in [0, 0.1) is 0 Å². The quantitative estimate of drug-likeness (QED) is 0.315. The molecule has 0 saturated carbocycles. The molecule has 1 heterocycles. The highest BCUT2D eigenvalue weighted by Crippen LogP contribution is 2.07. The van der Waals surface area contributed by atoms with Gasteiger partial charge in [0.25, 0.3) is 0 Å². The molecule has 0 bridgehead atoms. The molecule has 0 spiro atoms. The fourth-order valence-corrected chi connectivity index (χ4v) is 1.53. The SMILES string of the molecule is CC(C)NC(=O)C1COCCN1C(=O)NN. The third kappa shape index (κ3) is 3.07. The number of nitrogens with two attached hydrogens (primary N) is 1. The van der Waals surface area contributed by atoms with Crippen LogP contribution in [0.5, 0.6) is 0 Å². The van der Waals surface area contributed by atoms with Gasteiger partial charge in [-0.15, -0.1) is 0 Å². The lowest BCUT2D eigenvalue weighted by atomic mass is 10.2. The molecule has 1 unspecified atom stereocenters. The zero-order chi connectivity index (χ0) is 12.1. The monoisotopic (exact) mass is 230 g/mol. The second-order valence-corrected chi connectivity index (χ2v) is 3.90. The lowest BCUT2D eigenvalue weighted by Crippen LogP contribution is -2.59. The van der Waals surface area contributed by atoms with Gasteiger partial charge in [-0.3, -0.25) is 10.2 Å². The molecule has 3 amide bonds. The van der Waals surface area contributed by atoms with E-state index in [0.717, 1.165) is 0 Å². The van der Waals surface area contributed by atoms with Crippen molar-refractivity contribution in [1.29, 1.82) is 0 Å². The Morgan fingerprint density at radius 1 is 1.50 bits per heavy atom. The van der Waals surface area contributed by atoms with E-state index in [1.807, 2.05) is 19.3 Å². The van der Waals surface area contributed by atoms with E-state index in [2.05, 4.69) is 5.32 Å². The molecule has 7 heteroatoms. The van der Waals surface area contributed by atoms with E-state index in [1.165, 1.54) is 4.90 Å². The number of carbonyl (C=O) groups is 2. The number of urea groups is 1. The Balaban J connectivity index is 2.66. The molecule has 0 aromatic rings. The second kappa shape index (κ2) is 5.66. The molecule has 1 fully saturated rings. The summed E-state index contributed by atoms with van der Waals surface area (Å²) in [4.78, 5) is 24.6. The van der Waals surface area contributed by atoms with Gasteiger partial charge in [0, 0.05) is 12.6 Å². The molecular weight excluding hydrogens is 212 g/mol. The number of nitrogens with one attached hydrogen (secondary N) is 2. The van der Waals surface area contributed by atoms with Crippen LogP contribution >= 0.6 is 0 Å². The highest BCUT2D eigenvalue weighted by Gasteiger charge is 2.32. The number of morpholine rings is 1. The van der Waals surface area contributed by atoms with Crippen LogP contribution in [0.4, 0.5) is 4.79 Å². The predicted molar refractivity (Wildman–Crippen MR) is 57.3 cm³/mol. The van der Waals surface area contributed by atoms with Crippen molar-refractivity contribution in [2.75, 3.05) is 19.8 Å². The Bertz CT molecular complexity index is 269. The van der Waals surface area contributed by atoms with Gasteiger partial charge < -0.3 is 15.0 Å². The third-order valence-corrected chi connectivity index (χ3v) is 2.25. The maximum absolute atomic E-state index is 11.8. The molecule has 1 atom stereocenters.